The summed E-state index contributed by atoms with van der Waals surface area (Å²) >= 11 is 0. The topological polar surface area (TPSA) is 104 Å². The van der Waals surface area contributed by atoms with Gasteiger partial charge in [0.1, 0.15) is 11.6 Å². The van der Waals surface area contributed by atoms with Crippen molar-refractivity contribution in [2.45, 2.75) is 33.1 Å². The van der Waals surface area contributed by atoms with Gasteiger partial charge in [0.15, 0.2) is 0 Å². The fourth-order valence-corrected chi connectivity index (χ4v) is 7.78. The summed E-state index contributed by atoms with van der Waals surface area (Å²) in [6.45, 7) is 7.40. The fraction of sp³-hybridized carbons (Fsp3) is 0.244. The lowest BCUT2D eigenvalue weighted by Gasteiger charge is -2.53. The van der Waals surface area contributed by atoms with Crippen LogP contribution in [0.25, 0.3) is 11.6 Å². The number of hydrogen-bond donors (Lipinski definition) is 2. The molecule has 3 amide bonds. The van der Waals surface area contributed by atoms with Crippen molar-refractivity contribution in [3.05, 3.63) is 148 Å². The minimum atomic E-state index is -0.482. The highest BCUT2D eigenvalue weighted by molar-refractivity contribution is 6.10. The molecule has 0 saturated carbocycles. The molecule has 2 N–H and O–H groups in total. The zero-order valence-corrected chi connectivity index (χ0v) is 30.9. The lowest BCUT2D eigenvalue weighted by atomic mass is 9.73. The first-order chi connectivity index (χ1) is 26.7. The Morgan fingerprint density at radius 1 is 0.818 bits per heavy atom. The molecular formula is C45H42FN5O4. The van der Waals surface area contributed by atoms with Crippen LogP contribution in [0.15, 0.2) is 103 Å². The van der Waals surface area contributed by atoms with E-state index >= 15 is 0 Å². The van der Waals surface area contributed by atoms with Gasteiger partial charge in [0, 0.05) is 61.3 Å². The van der Waals surface area contributed by atoms with Gasteiger partial charge in [0.05, 0.1) is 16.9 Å². The van der Waals surface area contributed by atoms with Crippen molar-refractivity contribution in [2.75, 3.05) is 53.3 Å². The molecule has 3 aliphatic heterocycles. The number of carbonyl (C=O) groups excluding carboxylic acids is 3. The van der Waals surface area contributed by atoms with E-state index in [1.807, 2.05) is 49.4 Å². The summed E-state index contributed by atoms with van der Waals surface area (Å²) in [5.41, 5.74) is 7.61. The quantitative estimate of drug-likeness (QED) is 0.174. The van der Waals surface area contributed by atoms with Crippen molar-refractivity contribution in [1.29, 1.82) is 0 Å². The van der Waals surface area contributed by atoms with Crippen molar-refractivity contribution in [3.8, 4) is 0 Å². The molecule has 1 spiro atoms. The van der Waals surface area contributed by atoms with Gasteiger partial charge in [-0.25, -0.2) is 9.37 Å². The van der Waals surface area contributed by atoms with E-state index in [9.17, 15) is 18.8 Å². The van der Waals surface area contributed by atoms with Crippen molar-refractivity contribution in [3.63, 3.8) is 0 Å². The van der Waals surface area contributed by atoms with Gasteiger partial charge in [-0.1, -0.05) is 42.5 Å². The van der Waals surface area contributed by atoms with E-state index < -0.39 is 11.7 Å². The predicted molar refractivity (Wildman–Crippen MR) is 214 cm³/mol. The van der Waals surface area contributed by atoms with E-state index in [-0.39, 0.29) is 22.9 Å². The number of benzene rings is 4. The zero-order valence-electron chi connectivity index (χ0n) is 30.9. The highest BCUT2D eigenvalue weighted by Gasteiger charge is 2.45. The summed E-state index contributed by atoms with van der Waals surface area (Å²) in [7, 11) is 0. The average Bonchev–Trinajstić information content (AvgIpc) is 3.39. The number of nitrogens with one attached hydrogen (secondary N) is 2. The molecule has 0 bridgehead atoms. The second-order valence-corrected chi connectivity index (χ2v) is 14.8. The third-order valence-corrected chi connectivity index (χ3v) is 10.9. The first kappa shape index (κ1) is 35.9. The first-order valence-electron chi connectivity index (χ1n) is 18.7. The van der Waals surface area contributed by atoms with Crippen LogP contribution in [0.5, 0.6) is 0 Å². The largest absolute Gasteiger partial charge is 0.381 e. The number of aromatic nitrogens is 1. The number of carbonyl (C=O) groups is 3. The normalized spacial score (nSPS) is 16.0. The number of ether oxygens (including phenoxy) is 1. The number of nitrogens with zero attached hydrogens (tertiary/aromatic N) is 3. The van der Waals surface area contributed by atoms with Gasteiger partial charge < -0.3 is 25.2 Å². The molecule has 9 nitrogen and oxygen atoms in total. The maximum Gasteiger partial charge on any atom is 0.259 e. The fourth-order valence-electron chi connectivity index (χ4n) is 7.78. The van der Waals surface area contributed by atoms with Crippen LogP contribution in [-0.2, 0) is 4.74 Å². The second-order valence-electron chi connectivity index (χ2n) is 14.8. The number of anilines is 4. The van der Waals surface area contributed by atoms with Gasteiger partial charge in [-0.05, 0) is 122 Å². The molecule has 10 heteroatoms. The van der Waals surface area contributed by atoms with Crippen LogP contribution in [0.2, 0.25) is 0 Å². The highest BCUT2D eigenvalue weighted by atomic mass is 19.1. The molecule has 4 aromatic carbocycles. The minimum absolute atomic E-state index is 0.152. The number of fused-ring (bicyclic) bond motifs is 1. The molecule has 0 atom stereocenters. The summed E-state index contributed by atoms with van der Waals surface area (Å²) in [6.07, 6.45) is 6.51. The number of aryl methyl sites for hydroxylation is 2. The van der Waals surface area contributed by atoms with Gasteiger partial charge in [-0.3, -0.25) is 14.4 Å². The molecule has 1 aromatic heterocycles. The van der Waals surface area contributed by atoms with Crippen molar-refractivity contribution >= 4 is 52.3 Å². The number of hydrogen-bond acceptors (Lipinski definition) is 6. The molecule has 4 heterocycles. The number of pyridine rings is 1. The number of amides is 3. The van der Waals surface area contributed by atoms with Gasteiger partial charge >= 0.3 is 0 Å². The lowest BCUT2D eigenvalue weighted by Crippen LogP contribution is -2.59. The van der Waals surface area contributed by atoms with Crippen LogP contribution in [-0.4, -0.2) is 55.6 Å². The van der Waals surface area contributed by atoms with E-state index in [2.05, 4.69) is 26.6 Å². The molecule has 2 saturated heterocycles. The van der Waals surface area contributed by atoms with Crippen LogP contribution in [0.1, 0.15) is 72.6 Å². The Labute approximate surface area is 319 Å². The zero-order chi connectivity index (χ0) is 38.1. The lowest BCUT2D eigenvalue weighted by molar-refractivity contribution is -0.000511. The summed E-state index contributed by atoms with van der Waals surface area (Å²) < 4.78 is 19.9. The van der Waals surface area contributed by atoms with E-state index in [0.717, 1.165) is 67.1 Å². The molecule has 5 aromatic rings. The maximum atomic E-state index is 14.3. The SMILES string of the molecule is Cc1cnc(N2CC3(CCOCC3)C2)c(C(=O)Nc2ccc(C(=O)N3CCC(c4ccc(C(=O)Nc5c(C)cccc5F)cc4)=Cc4ccccc43)cc2)c1. The molecule has 0 aliphatic carbocycles. The molecule has 278 valence electrons. The Morgan fingerprint density at radius 3 is 2.29 bits per heavy atom. The summed E-state index contributed by atoms with van der Waals surface area (Å²) in [6, 6.07) is 28.5. The standard InChI is InChI=1S/C45H42FN5O4/c1-29-24-37(41(47-26-29)50-27-45(28-50)19-22-55-23-20-45)43(53)48-36-16-14-33(15-17-36)44(54)51-21-18-34(25-35-7-3-4-9-39(35)51)31-10-12-32(13-11-31)42(52)49-40-30(2)6-5-8-38(40)46/h3-17,24-26H,18-23,27-28H2,1-2H3,(H,48,53)(H,49,52). The van der Waals surface area contributed by atoms with Crippen LogP contribution in [0.4, 0.5) is 27.3 Å². The number of rotatable bonds is 7. The average molecular weight is 736 g/mol. The van der Waals surface area contributed by atoms with Crippen molar-refractivity contribution in [1.82, 2.24) is 4.98 Å². The van der Waals surface area contributed by atoms with Gasteiger partial charge in [-0.15, -0.1) is 0 Å². The van der Waals surface area contributed by atoms with Crippen molar-refractivity contribution in [2.24, 2.45) is 5.41 Å². The third kappa shape index (κ3) is 7.37. The molecular weight excluding hydrogens is 694 g/mol. The van der Waals surface area contributed by atoms with Gasteiger partial charge in [0.2, 0.25) is 0 Å². The Bertz CT molecular complexity index is 2290. The molecule has 0 radical (unpaired) electrons. The third-order valence-electron chi connectivity index (χ3n) is 10.9. The molecule has 0 unspecified atom stereocenters. The van der Waals surface area contributed by atoms with Crippen molar-refractivity contribution < 1.29 is 23.5 Å². The molecule has 55 heavy (non-hydrogen) atoms. The summed E-state index contributed by atoms with van der Waals surface area (Å²) in [5, 5.41) is 5.71. The number of para-hydroxylation sites is 2. The smallest absolute Gasteiger partial charge is 0.259 e. The Morgan fingerprint density at radius 2 is 1.55 bits per heavy atom. The highest BCUT2D eigenvalue weighted by Crippen LogP contribution is 2.42. The van der Waals surface area contributed by atoms with Crippen LogP contribution >= 0.6 is 0 Å². The molecule has 8 rings (SSSR count). The Kier molecular flexibility index (Phi) is 9.75. The van der Waals surface area contributed by atoms with E-state index in [1.165, 1.54) is 6.07 Å². The van der Waals surface area contributed by atoms with E-state index in [0.29, 0.717) is 46.7 Å². The maximum absolute atomic E-state index is 14.3. The molecule has 2 fully saturated rings. The Balaban J connectivity index is 0.942. The van der Waals surface area contributed by atoms with E-state index in [1.54, 1.807) is 66.6 Å². The van der Waals surface area contributed by atoms with Crippen LogP contribution in [0.3, 0.4) is 0 Å². The minimum Gasteiger partial charge on any atom is -0.381 e. The second kappa shape index (κ2) is 14.9. The van der Waals surface area contributed by atoms with E-state index in [4.69, 9.17) is 4.74 Å². The molecule has 3 aliphatic rings. The van der Waals surface area contributed by atoms with Gasteiger partial charge in [0.25, 0.3) is 17.7 Å². The Hall–Kier alpha value is -6.13. The monoisotopic (exact) mass is 735 g/mol. The van der Waals surface area contributed by atoms with Crippen LogP contribution in [0, 0.1) is 25.1 Å². The summed E-state index contributed by atoms with van der Waals surface area (Å²) in [5.74, 6) is -0.581. The summed E-state index contributed by atoms with van der Waals surface area (Å²) in [4.78, 5) is 49.3. The van der Waals surface area contributed by atoms with Gasteiger partial charge in [-0.2, -0.15) is 0 Å². The first-order valence-corrected chi connectivity index (χ1v) is 18.7. The predicted octanol–water partition coefficient (Wildman–Crippen LogP) is 8.55. The number of halogens is 1. The van der Waals surface area contributed by atoms with Crippen LogP contribution < -0.4 is 20.4 Å².